The highest BCUT2D eigenvalue weighted by Gasteiger charge is 2.48. The third-order valence-corrected chi connectivity index (χ3v) is 13.3. The summed E-state index contributed by atoms with van der Waals surface area (Å²) < 4.78 is 16.3. The first-order valence-electron chi connectivity index (χ1n) is 11.5. The first-order valence-corrected chi connectivity index (χ1v) is 13.7. The zero-order valence-electron chi connectivity index (χ0n) is 20.4. The minimum Gasteiger partial charge on any atom is -0.543 e. The summed E-state index contributed by atoms with van der Waals surface area (Å²) in [6, 6.07) is 5.56. The average Bonchev–Trinajstić information content (AvgIpc) is 2.98. The number of aromatic nitrogens is 3. The molecule has 0 spiro atoms. The summed E-state index contributed by atoms with van der Waals surface area (Å²) in [4.78, 5) is 27.3. The molecular weight excluding hydrogens is 422 g/mol. The molecule has 1 N–H and O–H groups in total. The van der Waals surface area contributed by atoms with E-state index in [2.05, 4.69) is 46.5 Å². The molecule has 2 aliphatic rings. The Balaban J connectivity index is 1.84. The monoisotopic (exact) mass is 457 g/mol. The molecular formula is C24H35N3O4Si. The van der Waals surface area contributed by atoms with Crippen LogP contribution in [0, 0.1) is 0 Å². The van der Waals surface area contributed by atoms with Crippen molar-refractivity contribution in [2.45, 2.75) is 90.2 Å². The third kappa shape index (κ3) is 3.22. The van der Waals surface area contributed by atoms with Crippen molar-refractivity contribution in [2.24, 2.45) is 0 Å². The molecule has 0 saturated heterocycles. The Morgan fingerprint density at radius 1 is 1.06 bits per heavy atom. The molecule has 2 aromatic rings. The van der Waals surface area contributed by atoms with E-state index in [1.807, 2.05) is 38.1 Å². The van der Waals surface area contributed by atoms with Crippen molar-refractivity contribution in [1.29, 1.82) is 0 Å². The summed E-state index contributed by atoms with van der Waals surface area (Å²) in [5.74, 6) is 1.51. The summed E-state index contributed by atoms with van der Waals surface area (Å²) in [6.07, 6.45) is 2.00. The van der Waals surface area contributed by atoms with E-state index in [9.17, 15) is 9.59 Å². The Labute approximate surface area is 190 Å². The van der Waals surface area contributed by atoms with Gasteiger partial charge in [0.05, 0.1) is 6.54 Å². The van der Waals surface area contributed by atoms with Gasteiger partial charge in [0.15, 0.2) is 0 Å². The van der Waals surface area contributed by atoms with E-state index in [0.29, 0.717) is 28.9 Å². The topological polar surface area (TPSA) is 78.2 Å². The number of hydrogen-bond donors (Lipinski definition) is 1. The van der Waals surface area contributed by atoms with E-state index >= 15 is 0 Å². The van der Waals surface area contributed by atoms with E-state index in [4.69, 9.17) is 9.16 Å². The fraction of sp³-hybridized carbons (Fsp3) is 0.583. The molecule has 1 atom stereocenters. The molecule has 0 bridgehead atoms. The molecule has 7 nitrogen and oxygen atoms in total. The van der Waals surface area contributed by atoms with Gasteiger partial charge in [-0.05, 0) is 48.2 Å². The second-order valence-corrected chi connectivity index (χ2v) is 15.8. The molecule has 32 heavy (non-hydrogen) atoms. The zero-order chi connectivity index (χ0) is 23.6. The van der Waals surface area contributed by atoms with Crippen LogP contribution in [0.4, 0.5) is 0 Å². The lowest BCUT2D eigenvalue weighted by Crippen LogP contribution is -2.50. The second-order valence-electron chi connectivity index (χ2n) is 10.5. The maximum Gasteiger partial charge on any atom is 0.345 e. The molecule has 1 aromatic carbocycles. The normalized spacial score (nSPS) is 19.3. The predicted molar refractivity (Wildman–Crippen MR) is 128 cm³/mol. The third-order valence-electron chi connectivity index (χ3n) is 7.28. The van der Waals surface area contributed by atoms with Gasteiger partial charge in [0, 0.05) is 11.6 Å². The number of H-pyrrole nitrogens is 1. The van der Waals surface area contributed by atoms with Crippen molar-refractivity contribution >= 4 is 8.32 Å². The van der Waals surface area contributed by atoms with Crippen molar-refractivity contribution in [2.75, 3.05) is 0 Å². The van der Waals surface area contributed by atoms with Gasteiger partial charge in [0.1, 0.15) is 23.1 Å². The summed E-state index contributed by atoms with van der Waals surface area (Å²) in [6.45, 7) is 17.9. The smallest absolute Gasteiger partial charge is 0.345 e. The van der Waals surface area contributed by atoms with Gasteiger partial charge in [-0.3, -0.25) is 4.98 Å². The number of nitrogens with zero attached hydrogens (tertiary/aromatic N) is 2. The van der Waals surface area contributed by atoms with Gasteiger partial charge >= 0.3 is 11.4 Å². The highest BCUT2D eigenvalue weighted by atomic mass is 28.4. The van der Waals surface area contributed by atoms with Crippen LogP contribution in [0.15, 0.2) is 39.4 Å². The number of fused-ring (bicyclic) bond motifs is 5. The SMILES string of the molecule is CC(C)[Si](Oc1ccc2c(c1)OC(C)(C)C1=CCn3c(=O)[nH]c(=O)n3C12)(C(C)C)C(C)C. The molecule has 4 rings (SSSR count). The molecule has 1 unspecified atom stereocenters. The van der Waals surface area contributed by atoms with Crippen LogP contribution >= 0.6 is 0 Å². The van der Waals surface area contributed by atoms with Crippen LogP contribution in [0.5, 0.6) is 11.5 Å². The van der Waals surface area contributed by atoms with Gasteiger partial charge in [-0.1, -0.05) is 47.6 Å². The molecule has 0 fully saturated rings. The molecule has 3 heterocycles. The highest BCUT2D eigenvalue weighted by molar-refractivity contribution is 6.78. The van der Waals surface area contributed by atoms with Crippen LogP contribution in [0.1, 0.15) is 67.0 Å². The molecule has 1 aromatic heterocycles. The van der Waals surface area contributed by atoms with Gasteiger partial charge in [-0.25, -0.2) is 19.0 Å². The van der Waals surface area contributed by atoms with E-state index in [-0.39, 0.29) is 6.04 Å². The summed E-state index contributed by atoms with van der Waals surface area (Å²) in [5.41, 5.74) is 1.80. The minimum atomic E-state index is -2.12. The van der Waals surface area contributed by atoms with Crippen molar-refractivity contribution in [3.05, 3.63) is 56.4 Å². The van der Waals surface area contributed by atoms with Crippen LogP contribution < -0.4 is 20.5 Å². The number of aromatic amines is 1. The van der Waals surface area contributed by atoms with Crippen molar-refractivity contribution in [3.8, 4) is 11.5 Å². The van der Waals surface area contributed by atoms with E-state index in [0.717, 1.165) is 16.9 Å². The number of hydrogen-bond acceptors (Lipinski definition) is 4. The Kier molecular flexibility index (Phi) is 5.35. The summed E-state index contributed by atoms with van der Waals surface area (Å²) in [7, 11) is -2.12. The number of nitrogens with one attached hydrogen (secondary N) is 1. The van der Waals surface area contributed by atoms with Crippen molar-refractivity contribution in [1.82, 2.24) is 14.3 Å². The summed E-state index contributed by atoms with van der Waals surface area (Å²) in [5, 5.41) is 0. The Morgan fingerprint density at radius 3 is 2.28 bits per heavy atom. The first-order chi connectivity index (χ1) is 14.9. The van der Waals surface area contributed by atoms with Crippen LogP contribution in [0.25, 0.3) is 0 Å². The molecule has 0 aliphatic carbocycles. The molecule has 2 aliphatic heterocycles. The second kappa shape index (κ2) is 7.54. The fourth-order valence-corrected chi connectivity index (χ4v) is 11.2. The van der Waals surface area contributed by atoms with Gasteiger partial charge in [-0.15, -0.1) is 0 Å². The lowest BCUT2D eigenvalue weighted by Gasteiger charge is -2.44. The van der Waals surface area contributed by atoms with Crippen molar-refractivity contribution in [3.63, 3.8) is 0 Å². The average molecular weight is 458 g/mol. The standard InChI is InChI=1S/C24H35N3O4Si/c1-14(2)32(15(3)4,16(5)6)31-17-9-10-18-20(13-17)30-24(7,8)19-11-12-26-22(28)25-23(29)27(26)21(18)19/h9-11,13-16,21H,12H2,1-8H3,(H,25,28,29). The minimum absolute atomic E-state index is 0.345. The van der Waals surface area contributed by atoms with Crippen molar-refractivity contribution < 1.29 is 9.16 Å². The quantitative estimate of drug-likeness (QED) is 0.526. The van der Waals surface area contributed by atoms with E-state index < -0.39 is 25.3 Å². The van der Waals surface area contributed by atoms with Crippen LogP contribution in [-0.2, 0) is 6.54 Å². The lowest BCUT2D eigenvalue weighted by atomic mass is 9.83. The van der Waals surface area contributed by atoms with E-state index in [1.54, 1.807) is 0 Å². The van der Waals surface area contributed by atoms with Gasteiger partial charge in [0.2, 0.25) is 0 Å². The Hall–Kier alpha value is -2.48. The first kappa shape index (κ1) is 22.7. The number of benzene rings is 1. The summed E-state index contributed by atoms with van der Waals surface area (Å²) >= 11 is 0. The highest BCUT2D eigenvalue weighted by Crippen LogP contribution is 2.48. The molecule has 8 heteroatoms. The van der Waals surface area contributed by atoms with Gasteiger partial charge in [-0.2, -0.15) is 0 Å². The lowest BCUT2D eigenvalue weighted by molar-refractivity contribution is 0.113. The van der Waals surface area contributed by atoms with Gasteiger partial charge < -0.3 is 9.16 Å². The largest absolute Gasteiger partial charge is 0.543 e. The number of allylic oxidation sites excluding steroid dienone is 1. The predicted octanol–water partition coefficient (Wildman–Crippen LogP) is 4.59. The molecule has 174 valence electrons. The maximum atomic E-state index is 12.6. The Morgan fingerprint density at radius 2 is 1.69 bits per heavy atom. The van der Waals surface area contributed by atoms with Crippen LogP contribution in [-0.4, -0.2) is 28.3 Å². The molecule has 0 saturated carbocycles. The van der Waals surface area contributed by atoms with Crippen LogP contribution in [0.3, 0.4) is 0 Å². The van der Waals surface area contributed by atoms with Gasteiger partial charge in [0.25, 0.3) is 8.32 Å². The molecule has 0 radical (unpaired) electrons. The zero-order valence-corrected chi connectivity index (χ0v) is 21.4. The molecule has 0 amide bonds. The fourth-order valence-electron chi connectivity index (χ4n) is 5.93. The van der Waals surface area contributed by atoms with E-state index in [1.165, 1.54) is 9.36 Å². The number of rotatable bonds is 5. The Bertz CT molecular complexity index is 1160. The number of ether oxygens (including phenoxy) is 1. The van der Waals surface area contributed by atoms with Crippen LogP contribution in [0.2, 0.25) is 16.6 Å². The maximum absolute atomic E-state index is 12.6.